The van der Waals surface area contributed by atoms with Crippen molar-refractivity contribution in [2.24, 2.45) is 0 Å². The van der Waals surface area contributed by atoms with Crippen LogP contribution in [0.25, 0.3) is 5.76 Å². The molecular formula is C24H19FN2O5. The van der Waals surface area contributed by atoms with Gasteiger partial charge in [-0.2, -0.15) is 0 Å². The molecule has 1 fully saturated rings. The van der Waals surface area contributed by atoms with Crippen LogP contribution in [-0.2, 0) is 16.1 Å². The van der Waals surface area contributed by atoms with E-state index in [1.165, 1.54) is 36.3 Å². The maximum Gasteiger partial charge on any atom is 0.295 e. The number of aromatic hydroxyl groups is 1. The molecule has 2 aromatic carbocycles. The summed E-state index contributed by atoms with van der Waals surface area (Å²) in [5, 5.41) is 20.6. The van der Waals surface area contributed by atoms with Crippen molar-refractivity contribution in [3.05, 3.63) is 95.1 Å². The number of Topliss-reactive ketones (excluding diaryl/α,β-unsaturated/α-hetero) is 1. The predicted molar refractivity (Wildman–Crippen MR) is 113 cm³/mol. The first-order chi connectivity index (χ1) is 15.4. The average molecular weight is 434 g/mol. The summed E-state index contributed by atoms with van der Waals surface area (Å²) < 4.78 is 19.1. The number of likely N-dealkylation sites (tertiary alicyclic amines) is 1. The molecule has 162 valence electrons. The van der Waals surface area contributed by atoms with Gasteiger partial charge in [-0.3, -0.25) is 14.6 Å². The number of carbonyl (C=O) groups excluding carboxylic acids is 2. The van der Waals surface area contributed by atoms with Gasteiger partial charge in [0.25, 0.3) is 11.7 Å². The highest BCUT2D eigenvalue weighted by atomic mass is 19.1. The second kappa shape index (κ2) is 8.50. The predicted octanol–water partition coefficient (Wildman–Crippen LogP) is 3.56. The lowest BCUT2D eigenvalue weighted by Gasteiger charge is -2.25. The second-order valence-electron chi connectivity index (χ2n) is 7.22. The fourth-order valence-corrected chi connectivity index (χ4v) is 3.70. The van der Waals surface area contributed by atoms with E-state index in [1.807, 2.05) is 0 Å². The minimum Gasteiger partial charge on any atom is -0.508 e. The number of hydrogen-bond donors (Lipinski definition) is 2. The third-order valence-electron chi connectivity index (χ3n) is 5.28. The van der Waals surface area contributed by atoms with Crippen LogP contribution in [0.3, 0.4) is 0 Å². The number of aliphatic hydroxyl groups is 1. The maximum atomic E-state index is 14.2. The van der Waals surface area contributed by atoms with Crippen molar-refractivity contribution in [3.8, 4) is 11.5 Å². The molecule has 32 heavy (non-hydrogen) atoms. The van der Waals surface area contributed by atoms with Crippen molar-refractivity contribution in [1.82, 2.24) is 9.88 Å². The van der Waals surface area contributed by atoms with E-state index in [0.717, 1.165) is 11.6 Å². The van der Waals surface area contributed by atoms with E-state index in [1.54, 1.807) is 36.7 Å². The smallest absolute Gasteiger partial charge is 0.295 e. The fourth-order valence-electron chi connectivity index (χ4n) is 3.70. The summed E-state index contributed by atoms with van der Waals surface area (Å²) in [7, 11) is 1.31. The molecule has 2 heterocycles. The summed E-state index contributed by atoms with van der Waals surface area (Å²) in [6.45, 7) is 0.0897. The van der Waals surface area contributed by atoms with Crippen LogP contribution in [0.15, 0.2) is 72.6 Å². The van der Waals surface area contributed by atoms with Crippen LogP contribution in [0.4, 0.5) is 4.39 Å². The lowest BCUT2D eigenvalue weighted by atomic mass is 9.95. The van der Waals surface area contributed by atoms with Crippen molar-refractivity contribution in [1.29, 1.82) is 0 Å². The number of carbonyl (C=O) groups is 2. The number of methoxy groups -OCH3 is 1. The second-order valence-corrected chi connectivity index (χ2v) is 7.22. The van der Waals surface area contributed by atoms with E-state index < -0.39 is 29.3 Å². The monoisotopic (exact) mass is 434 g/mol. The number of phenols is 1. The van der Waals surface area contributed by atoms with Crippen LogP contribution in [0.5, 0.6) is 11.5 Å². The molecule has 0 saturated carbocycles. The number of hydrogen-bond acceptors (Lipinski definition) is 6. The SMILES string of the molecule is COc1ccc(/C(O)=C2\C(=O)C(=O)N(Cc3ccncc3)C2c2ccc(O)cc2)cc1F. The number of nitrogens with zero attached hydrogens (tertiary/aromatic N) is 2. The van der Waals surface area contributed by atoms with Gasteiger partial charge in [0.05, 0.1) is 18.7 Å². The van der Waals surface area contributed by atoms with Gasteiger partial charge in [0.1, 0.15) is 11.5 Å². The normalized spacial score (nSPS) is 17.6. The lowest BCUT2D eigenvalue weighted by molar-refractivity contribution is -0.140. The van der Waals surface area contributed by atoms with Crippen LogP contribution in [0.1, 0.15) is 22.7 Å². The highest BCUT2D eigenvalue weighted by Crippen LogP contribution is 2.41. The topological polar surface area (TPSA) is 100.0 Å². The van der Waals surface area contributed by atoms with Gasteiger partial charge in [-0.05, 0) is 53.6 Å². The Morgan fingerprint density at radius 1 is 1.09 bits per heavy atom. The van der Waals surface area contributed by atoms with Crippen LogP contribution in [-0.4, -0.2) is 38.9 Å². The zero-order chi connectivity index (χ0) is 22.8. The van der Waals surface area contributed by atoms with E-state index in [-0.39, 0.29) is 29.2 Å². The van der Waals surface area contributed by atoms with Crippen molar-refractivity contribution in [3.63, 3.8) is 0 Å². The molecule has 1 unspecified atom stereocenters. The zero-order valence-corrected chi connectivity index (χ0v) is 17.0. The molecule has 0 radical (unpaired) electrons. The molecule has 1 saturated heterocycles. The van der Waals surface area contributed by atoms with E-state index in [9.17, 15) is 24.2 Å². The fraction of sp³-hybridized carbons (Fsp3) is 0.125. The number of amides is 1. The Labute approximate surface area is 183 Å². The Kier molecular flexibility index (Phi) is 5.59. The average Bonchev–Trinajstić information content (AvgIpc) is 3.04. The molecule has 2 N–H and O–H groups in total. The molecule has 1 aliphatic heterocycles. The first-order valence-corrected chi connectivity index (χ1v) is 9.71. The largest absolute Gasteiger partial charge is 0.508 e. The number of phenolic OH excluding ortho intramolecular Hbond substituents is 1. The number of benzene rings is 2. The number of halogens is 1. The molecule has 1 aromatic heterocycles. The summed E-state index contributed by atoms with van der Waals surface area (Å²) in [5.41, 5.74) is 1.11. The Morgan fingerprint density at radius 2 is 1.78 bits per heavy atom. The quantitative estimate of drug-likeness (QED) is 0.362. The van der Waals surface area contributed by atoms with E-state index in [4.69, 9.17) is 4.74 Å². The van der Waals surface area contributed by atoms with Gasteiger partial charge in [-0.15, -0.1) is 0 Å². The molecule has 0 bridgehead atoms. The van der Waals surface area contributed by atoms with Crippen LogP contribution in [0, 0.1) is 5.82 Å². The molecule has 1 amide bonds. The minimum absolute atomic E-state index is 0.0112. The molecule has 4 rings (SSSR count). The van der Waals surface area contributed by atoms with Gasteiger partial charge in [-0.25, -0.2) is 4.39 Å². The lowest BCUT2D eigenvalue weighted by Crippen LogP contribution is -2.29. The van der Waals surface area contributed by atoms with Crippen LogP contribution >= 0.6 is 0 Å². The van der Waals surface area contributed by atoms with Gasteiger partial charge in [-0.1, -0.05) is 12.1 Å². The molecule has 1 aliphatic rings. The van der Waals surface area contributed by atoms with E-state index in [2.05, 4.69) is 4.98 Å². The molecule has 1 atom stereocenters. The minimum atomic E-state index is -0.936. The molecule has 0 aliphatic carbocycles. The third kappa shape index (κ3) is 3.78. The van der Waals surface area contributed by atoms with Crippen molar-refractivity contribution < 1.29 is 28.9 Å². The van der Waals surface area contributed by atoms with Gasteiger partial charge >= 0.3 is 0 Å². The van der Waals surface area contributed by atoms with Gasteiger partial charge in [0, 0.05) is 24.5 Å². The maximum absolute atomic E-state index is 14.2. The Morgan fingerprint density at radius 3 is 2.41 bits per heavy atom. The molecule has 0 spiro atoms. The van der Waals surface area contributed by atoms with E-state index in [0.29, 0.717) is 5.56 Å². The van der Waals surface area contributed by atoms with Crippen molar-refractivity contribution >= 4 is 17.4 Å². The van der Waals surface area contributed by atoms with E-state index >= 15 is 0 Å². The van der Waals surface area contributed by atoms with Crippen LogP contribution in [0.2, 0.25) is 0 Å². The Bertz CT molecular complexity index is 1210. The number of aromatic nitrogens is 1. The van der Waals surface area contributed by atoms with Gasteiger partial charge in [0.2, 0.25) is 0 Å². The standard InChI is InChI=1S/C24H19FN2O5/c1-32-19-7-4-16(12-18(19)25)22(29)20-21(15-2-5-17(28)6-3-15)27(24(31)23(20)30)13-14-8-10-26-11-9-14/h2-12,21,28-29H,13H2,1H3/b22-20+. The Balaban J connectivity index is 1.86. The first kappa shape index (κ1) is 21.0. The number of ketones is 1. The molecule has 3 aromatic rings. The highest BCUT2D eigenvalue weighted by molar-refractivity contribution is 6.46. The van der Waals surface area contributed by atoms with Gasteiger partial charge in [0.15, 0.2) is 11.6 Å². The zero-order valence-electron chi connectivity index (χ0n) is 17.0. The van der Waals surface area contributed by atoms with Crippen molar-refractivity contribution in [2.75, 3.05) is 7.11 Å². The third-order valence-corrected chi connectivity index (χ3v) is 5.28. The van der Waals surface area contributed by atoms with Crippen molar-refractivity contribution in [2.45, 2.75) is 12.6 Å². The highest BCUT2D eigenvalue weighted by Gasteiger charge is 2.46. The summed E-state index contributed by atoms with van der Waals surface area (Å²) in [4.78, 5) is 31.2. The first-order valence-electron chi connectivity index (χ1n) is 9.71. The molecular weight excluding hydrogens is 415 g/mol. The van der Waals surface area contributed by atoms with Crippen LogP contribution < -0.4 is 4.74 Å². The number of aliphatic hydroxyl groups excluding tert-OH is 1. The molecule has 8 heteroatoms. The Hall–Kier alpha value is -4.20. The number of pyridine rings is 1. The van der Waals surface area contributed by atoms with Gasteiger partial charge < -0.3 is 19.8 Å². The summed E-state index contributed by atoms with van der Waals surface area (Å²) >= 11 is 0. The summed E-state index contributed by atoms with van der Waals surface area (Å²) in [6, 6.07) is 12.2. The number of rotatable bonds is 5. The number of ether oxygens (including phenoxy) is 1. The summed E-state index contributed by atoms with van der Waals surface area (Å²) in [5.74, 6) is -2.91. The summed E-state index contributed by atoms with van der Waals surface area (Å²) in [6.07, 6.45) is 3.14. The molecule has 7 nitrogen and oxygen atoms in total.